The Morgan fingerprint density at radius 2 is 1.32 bits per heavy atom. The van der Waals surface area contributed by atoms with Crippen LogP contribution >= 0.6 is 0 Å². The molecule has 1 heterocycles. The fourth-order valence-corrected chi connectivity index (χ4v) is 6.87. The number of rotatable bonds is 4. The van der Waals surface area contributed by atoms with Gasteiger partial charge in [-0.05, 0) is 71.0 Å². The fraction of sp³-hybridized carbons (Fsp3) is 0.189. The van der Waals surface area contributed by atoms with Crippen molar-refractivity contribution in [1.29, 1.82) is 0 Å². The van der Waals surface area contributed by atoms with Gasteiger partial charge in [-0.1, -0.05) is 74.5 Å². The molecule has 0 fully saturated rings. The Balaban J connectivity index is 1.54. The fourth-order valence-electron chi connectivity index (χ4n) is 6.87. The molecule has 0 radical (unpaired) electrons. The number of ether oxygens (including phenoxy) is 3. The van der Waals surface area contributed by atoms with Crippen LogP contribution in [-0.4, -0.2) is 14.2 Å². The summed E-state index contributed by atoms with van der Waals surface area (Å²) in [7, 11) is 3.33. The highest BCUT2D eigenvalue weighted by Crippen LogP contribution is 2.58. The quantitative estimate of drug-likeness (QED) is 0.227. The third-order valence-electron chi connectivity index (χ3n) is 8.74. The van der Waals surface area contributed by atoms with Crippen molar-refractivity contribution in [3.05, 3.63) is 130 Å². The zero-order valence-corrected chi connectivity index (χ0v) is 23.8. The van der Waals surface area contributed by atoms with Crippen LogP contribution in [0.3, 0.4) is 0 Å². The van der Waals surface area contributed by atoms with E-state index < -0.39 is 11.0 Å². The summed E-state index contributed by atoms with van der Waals surface area (Å²) in [5, 5.41) is 2.06. The predicted molar refractivity (Wildman–Crippen MR) is 163 cm³/mol. The average Bonchev–Trinajstić information content (AvgIpc) is 3.23. The summed E-state index contributed by atoms with van der Waals surface area (Å²) in [6, 6.07) is 28.1. The molecule has 5 aromatic carbocycles. The molecule has 0 aromatic heterocycles. The van der Waals surface area contributed by atoms with Crippen LogP contribution < -0.4 is 14.2 Å². The van der Waals surface area contributed by atoms with Crippen LogP contribution in [0.4, 0.5) is 4.39 Å². The highest BCUT2D eigenvalue weighted by atomic mass is 19.1. The lowest BCUT2D eigenvalue weighted by Crippen LogP contribution is -2.35. The Hall–Kier alpha value is -4.57. The van der Waals surface area contributed by atoms with Gasteiger partial charge >= 0.3 is 0 Å². The highest BCUT2D eigenvalue weighted by Gasteiger charge is 2.45. The number of hydrogen-bond acceptors (Lipinski definition) is 3. The molecule has 4 heteroatoms. The van der Waals surface area contributed by atoms with Gasteiger partial charge in [-0.15, -0.1) is 0 Å². The molecule has 0 spiro atoms. The summed E-state index contributed by atoms with van der Waals surface area (Å²) in [4.78, 5) is 0. The molecule has 2 aliphatic rings. The lowest BCUT2D eigenvalue weighted by Gasteiger charge is -2.38. The number of benzene rings is 5. The molecule has 41 heavy (non-hydrogen) atoms. The molecule has 204 valence electrons. The van der Waals surface area contributed by atoms with Crippen LogP contribution in [0.5, 0.6) is 17.2 Å². The minimum Gasteiger partial charge on any atom is -0.497 e. The minimum atomic E-state index is -0.903. The Bertz CT molecular complexity index is 1820. The lowest BCUT2D eigenvalue weighted by atomic mass is 9.76. The first-order chi connectivity index (χ1) is 19.8. The van der Waals surface area contributed by atoms with E-state index in [1.54, 1.807) is 20.3 Å². The molecule has 1 aliphatic heterocycles. The van der Waals surface area contributed by atoms with E-state index in [9.17, 15) is 0 Å². The first-order valence-corrected chi connectivity index (χ1v) is 13.9. The smallest absolute Gasteiger partial charge is 0.178 e. The molecule has 0 N–H and O–H groups in total. The first kappa shape index (κ1) is 25.4. The number of methoxy groups -OCH3 is 2. The van der Waals surface area contributed by atoms with Crippen LogP contribution in [0.15, 0.2) is 91.0 Å². The van der Waals surface area contributed by atoms with Crippen molar-refractivity contribution >= 4 is 16.8 Å². The van der Waals surface area contributed by atoms with Gasteiger partial charge in [0.2, 0.25) is 0 Å². The average molecular weight is 543 g/mol. The van der Waals surface area contributed by atoms with E-state index in [1.165, 1.54) is 0 Å². The summed E-state index contributed by atoms with van der Waals surface area (Å²) in [6.45, 7) is 6.19. The summed E-state index contributed by atoms with van der Waals surface area (Å²) < 4.78 is 33.8. The molecule has 5 aromatic rings. The van der Waals surface area contributed by atoms with Gasteiger partial charge in [0.1, 0.15) is 23.1 Å². The third kappa shape index (κ3) is 3.56. The van der Waals surface area contributed by atoms with Crippen molar-refractivity contribution in [2.24, 2.45) is 0 Å². The predicted octanol–water partition coefficient (Wildman–Crippen LogP) is 8.96. The molecule has 0 saturated carbocycles. The Morgan fingerprint density at radius 3 is 1.90 bits per heavy atom. The topological polar surface area (TPSA) is 27.7 Å². The van der Waals surface area contributed by atoms with Gasteiger partial charge in [0.15, 0.2) is 5.60 Å². The van der Waals surface area contributed by atoms with Gasteiger partial charge in [-0.2, -0.15) is 0 Å². The van der Waals surface area contributed by atoms with E-state index in [4.69, 9.17) is 14.2 Å². The second kappa shape index (κ2) is 8.97. The van der Waals surface area contributed by atoms with Crippen molar-refractivity contribution in [1.82, 2.24) is 0 Å². The summed E-state index contributed by atoms with van der Waals surface area (Å²) in [5.41, 5.74) is 6.30. The second-order valence-corrected chi connectivity index (χ2v) is 11.5. The zero-order chi connectivity index (χ0) is 28.5. The van der Waals surface area contributed by atoms with Crippen molar-refractivity contribution in [3.8, 4) is 28.4 Å². The van der Waals surface area contributed by atoms with Gasteiger partial charge in [0.25, 0.3) is 0 Å². The second-order valence-electron chi connectivity index (χ2n) is 11.5. The van der Waals surface area contributed by atoms with E-state index in [0.29, 0.717) is 0 Å². The maximum Gasteiger partial charge on any atom is 0.178 e. The van der Waals surface area contributed by atoms with Crippen molar-refractivity contribution < 1.29 is 18.6 Å². The Kier molecular flexibility index (Phi) is 5.56. The lowest BCUT2D eigenvalue weighted by molar-refractivity contribution is 0.163. The monoisotopic (exact) mass is 542 g/mol. The van der Waals surface area contributed by atoms with E-state index >= 15 is 4.39 Å². The Morgan fingerprint density at radius 1 is 0.732 bits per heavy atom. The van der Waals surface area contributed by atoms with Crippen LogP contribution in [0.25, 0.3) is 28.0 Å². The standard InChI is InChI=1S/C37H31FO3/c1-22-20-30-32-27-8-6-7-9-28(27)35-29(34(32)36(2,3)33(30)31(38)21-22)18-19-37(41-35,23-10-14-25(39-4)15-11-23)24-12-16-26(40-5)17-13-24/h6-21H,1-5H3. The van der Waals surface area contributed by atoms with Crippen LogP contribution in [0.2, 0.25) is 0 Å². The van der Waals surface area contributed by atoms with Crippen LogP contribution in [-0.2, 0) is 11.0 Å². The van der Waals surface area contributed by atoms with Gasteiger partial charge < -0.3 is 14.2 Å². The van der Waals surface area contributed by atoms with Crippen molar-refractivity contribution in [2.45, 2.75) is 31.8 Å². The minimum absolute atomic E-state index is 0.162. The molecule has 7 rings (SSSR count). The van der Waals surface area contributed by atoms with Gasteiger partial charge in [0, 0.05) is 33.1 Å². The maximum absolute atomic E-state index is 15.7. The molecular weight excluding hydrogens is 511 g/mol. The number of aryl methyl sites for hydroxylation is 1. The van der Waals surface area contributed by atoms with Gasteiger partial charge in [-0.25, -0.2) is 4.39 Å². The summed E-state index contributed by atoms with van der Waals surface area (Å²) in [6.07, 6.45) is 4.31. The number of hydrogen-bond donors (Lipinski definition) is 0. The van der Waals surface area contributed by atoms with Crippen molar-refractivity contribution in [2.75, 3.05) is 14.2 Å². The summed E-state index contributed by atoms with van der Waals surface area (Å²) in [5.74, 6) is 2.19. The van der Waals surface area contributed by atoms with E-state index in [1.807, 2.05) is 67.6 Å². The van der Waals surface area contributed by atoms with Crippen LogP contribution in [0.1, 0.15) is 47.2 Å². The molecule has 0 atom stereocenters. The molecule has 0 bridgehead atoms. The van der Waals surface area contributed by atoms with E-state index in [-0.39, 0.29) is 5.82 Å². The molecular formula is C37H31FO3. The molecule has 3 nitrogen and oxygen atoms in total. The van der Waals surface area contributed by atoms with E-state index in [2.05, 4.69) is 44.2 Å². The maximum atomic E-state index is 15.7. The SMILES string of the molecule is COc1ccc(C2(c3ccc(OC)cc3)C=Cc3c4c(c5ccccc5c3O2)-c2cc(C)cc(F)c2C4(C)C)cc1. The molecule has 1 aliphatic carbocycles. The molecule has 0 unspecified atom stereocenters. The van der Waals surface area contributed by atoms with E-state index in [0.717, 1.165) is 72.5 Å². The van der Waals surface area contributed by atoms with Gasteiger partial charge in [0.05, 0.1) is 14.2 Å². The Labute approximate surface area is 239 Å². The number of fused-ring (bicyclic) bond motifs is 8. The summed E-state index contributed by atoms with van der Waals surface area (Å²) >= 11 is 0. The number of halogens is 1. The highest BCUT2D eigenvalue weighted by molar-refractivity contribution is 6.08. The zero-order valence-electron chi connectivity index (χ0n) is 23.8. The third-order valence-corrected chi connectivity index (χ3v) is 8.74. The van der Waals surface area contributed by atoms with Crippen molar-refractivity contribution in [3.63, 3.8) is 0 Å². The largest absolute Gasteiger partial charge is 0.497 e. The van der Waals surface area contributed by atoms with Gasteiger partial charge in [-0.3, -0.25) is 0 Å². The first-order valence-electron chi connectivity index (χ1n) is 13.9. The van der Waals surface area contributed by atoms with Crippen LogP contribution in [0, 0.1) is 12.7 Å². The molecule has 0 amide bonds. The normalized spacial score (nSPS) is 15.6. The molecule has 0 saturated heterocycles.